The molecule has 0 N–H and O–H groups in total. The Morgan fingerprint density at radius 2 is 2.33 bits per heavy atom. The fourth-order valence-electron chi connectivity index (χ4n) is 3.40. The maximum atomic E-state index is 8.87. The highest BCUT2D eigenvalue weighted by atomic mass is 16.5. The second kappa shape index (κ2) is 6.93. The SMILES string of the molecule is N#Cc1cccc(OCCCN2CCOC3CCCC32)c1. The van der Waals surface area contributed by atoms with E-state index >= 15 is 0 Å². The molecule has 0 bridgehead atoms. The van der Waals surface area contributed by atoms with Crippen LogP contribution in [0, 0.1) is 11.3 Å². The minimum Gasteiger partial charge on any atom is -0.494 e. The Balaban J connectivity index is 1.42. The molecule has 2 fully saturated rings. The fourth-order valence-corrected chi connectivity index (χ4v) is 3.40. The number of fused-ring (bicyclic) bond motifs is 1. The van der Waals surface area contributed by atoms with Gasteiger partial charge in [-0.2, -0.15) is 5.26 Å². The number of benzene rings is 1. The van der Waals surface area contributed by atoms with Gasteiger partial charge in [0.25, 0.3) is 0 Å². The summed E-state index contributed by atoms with van der Waals surface area (Å²) in [6, 6.07) is 10.1. The van der Waals surface area contributed by atoms with E-state index in [1.165, 1.54) is 19.3 Å². The second-order valence-corrected chi connectivity index (χ2v) is 5.79. The zero-order chi connectivity index (χ0) is 14.5. The Kier molecular flexibility index (Phi) is 4.74. The fraction of sp³-hybridized carbons (Fsp3) is 0.588. The van der Waals surface area contributed by atoms with Gasteiger partial charge in [0.1, 0.15) is 5.75 Å². The van der Waals surface area contributed by atoms with Crippen molar-refractivity contribution in [2.75, 3.05) is 26.3 Å². The van der Waals surface area contributed by atoms with Crippen molar-refractivity contribution in [1.82, 2.24) is 4.90 Å². The second-order valence-electron chi connectivity index (χ2n) is 5.79. The van der Waals surface area contributed by atoms with E-state index in [0.29, 0.717) is 24.3 Å². The van der Waals surface area contributed by atoms with Crippen molar-refractivity contribution < 1.29 is 9.47 Å². The molecular formula is C17H22N2O2. The maximum Gasteiger partial charge on any atom is 0.120 e. The van der Waals surface area contributed by atoms with Gasteiger partial charge in [-0.1, -0.05) is 6.07 Å². The maximum absolute atomic E-state index is 8.87. The van der Waals surface area contributed by atoms with Gasteiger partial charge in [0.2, 0.25) is 0 Å². The van der Waals surface area contributed by atoms with Crippen LogP contribution < -0.4 is 4.74 Å². The smallest absolute Gasteiger partial charge is 0.120 e. The quantitative estimate of drug-likeness (QED) is 0.780. The van der Waals surface area contributed by atoms with E-state index in [4.69, 9.17) is 14.7 Å². The van der Waals surface area contributed by atoms with Crippen molar-refractivity contribution in [3.8, 4) is 11.8 Å². The van der Waals surface area contributed by atoms with Crippen molar-refractivity contribution in [1.29, 1.82) is 5.26 Å². The van der Waals surface area contributed by atoms with Gasteiger partial charge in [0.15, 0.2) is 0 Å². The molecule has 1 saturated carbocycles. The molecule has 4 heteroatoms. The van der Waals surface area contributed by atoms with Gasteiger partial charge < -0.3 is 9.47 Å². The van der Waals surface area contributed by atoms with E-state index in [-0.39, 0.29) is 0 Å². The first-order valence-electron chi connectivity index (χ1n) is 7.85. The van der Waals surface area contributed by atoms with E-state index in [1.54, 1.807) is 12.1 Å². The molecule has 0 amide bonds. The van der Waals surface area contributed by atoms with Crippen molar-refractivity contribution in [3.63, 3.8) is 0 Å². The van der Waals surface area contributed by atoms with Gasteiger partial charge in [0.05, 0.1) is 31.0 Å². The first-order valence-corrected chi connectivity index (χ1v) is 7.85. The van der Waals surface area contributed by atoms with Crippen LogP contribution in [0.1, 0.15) is 31.2 Å². The van der Waals surface area contributed by atoms with Gasteiger partial charge in [-0.15, -0.1) is 0 Å². The Morgan fingerprint density at radius 1 is 1.38 bits per heavy atom. The van der Waals surface area contributed by atoms with E-state index in [0.717, 1.165) is 31.9 Å². The summed E-state index contributed by atoms with van der Waals surface area (Å²) in [6.45, 7) is 3.68. The Morgan fingerprint density at radius 3 is 3.24 bits per heavy atom. The Labute approximate surface area is 126 Å². The molecule has 1 heterocycles. The van der Waals surface area contributed by atoms with Gasteiger partial charge in [-0.05, 0) is 43.9 Å². The van der Waals surface area contributed by atoms with E-state index in [1.807, 2.05) is 12.1 Å². The largest absolute Gasteiger partial charge is 0.494 e. The molecule has 0 spiro atoms. The van der Waals surface area contributed by atoms with Crippen molar-refractivity contribution in [2.45, 2.75) is 37.8 Å². The molecule has 112 valence electrons. The highest BCUT2D eigenvalue weighted by molar-refractivity contribution is 5.36. The van der Waals surface area contributed by atoms with Crippen LogP contribution in [0.25, 0.3) is 0 Å². The highest BCUT2D eigenvalue weighted by Crippen LogP contribution is 2.29. The minimum atomic E-state index is 0.465. The van der Waals surface area contributed by atoms with Crippen LogP contribution in [0.15, 0.2) is 24.3 Å². The number of nitriles is 1. The van der Waals surface area contributed by atoms with Crippen LogP contribution in [0.3, 0.4) is 0 Å². The van der Waals surface area contributed by atoms with Crippen LogP contribution in [0.4, 0.5) is 0 Å². The summed E-state index contributed by atoms with van der Waals surface area (Å²) in [5.41, 5.74) is 0.648. The molecule has 0 aromatic heterocycles. The predicted octanol–water partition coefficient (Wildman–Crippen LogP) is 2.58. The standard InChI is InChI=1S/C17H22N2O2/c18-13-14-4-1-5-15(12-14)20-10-3-8-19-9-11-21-17-7-2-6-16(17)19/h1,4-5,12,16-17H,2-3,6-11H2. The molecule has 1 aliphatic heterocycles. The van der Waals surface area contributed by atoms with Gasteiger partial charge >= 0.3 is 0 Å². The summed E-state index contributed by atoms with van der Waals surface area (Å²) >= 11 is 0. The number of ether oxygens (including phenoxy) is 2. The lowest BCUT2D eigenvalue weighted by Gasteiger charge is -2.37. The van der Waals surface area contributed by atoms with Crippen LogP contribution in [-0.4, -0.2) is 43.3 Å². The lowest BCUT2D eigenvalue weighted by molar-refractivity contribution is -0.0564. The zero-order valence-corrected chi connectivity index (χ0v) is 12.3. The molecule has 2 atom stereocenters. The van der Waals surface area contributed by atoms with Crippen LogP contribution in [0.5, 0.6) is 5.75 Å². The third kappa shape index (κ3) is 3.55. The van der Waals surface area contributed by atoms with Crippen LogP contribution in [0.2, 0.25) is 0 Å². The minimum absolute atomic E-state index is 0.465. The normalized spacial score (nSPS) is 25.3. The lowest BCUT2D eigenvalue weighted by atomic mass is 10.1. The third-order valence-electron chi connectivity index (χ3n) is 4.42. The van der Waals surface area contributed by atoms with Crippen molar-refractivity contribution >= 4 is 0 Å². The van der Waals surface area contributed by atoms with E-state index < -0.39 is 0 Å². The first-order chi connectivity index (χ1) is 10.4. The zero-order valence-electron chi connectivity index (χ0n) is 12.3. The third-order valence-corrected chi connectivity index (χ3v) is 4.42. The average Bonchev–Trinajstić information content (AvgIpc) is 3.01. The van der Waals surface area contributed by atoms with E-state index in [2.05, 4.69) is 11.0 Å². The monoisotopic (exact) mass is 286 g/mol. The molecule has 1 saturated heterocycles. The summed E-state index contributed by atoms with van der Waals surface area (Å²) in [4.78, 5) is 2.57. The predicted molar refractivity (Wildman–Crippen MR) is 80.2 cm³/mol. The Hall–Kier alpha value is -1.57. The molecule has 0 radical (unpaired) electrons. The molecule has 1 aromatic carbocycles. The molecule has 3 rings (SSSR count). The number of morpholine rings is 1. The first kappa shape index (κ1) is 14.4. The molecule has 1 aromatic rings. The van der Waals surface area contributed by atoms with Crippen molar-refractivity contribution in [2.24, 2.45) is 0 Å². The van der Waals surface area contributed by atoms with Crippen LogP contribution in [-0.2, 0) is 4.74 Å². The number of hydrogen-bond donors (Lipinski definition) is 0. The summed E-state index contributed by atoms with van der Waals surface area (Å²) in [5.74, 6) is 0.787. The molecule has 1 aliphatic carbocycles. The summed E-state index contributed by atoms with van der Waals surface area (Å²) in [7, 11) is 0. The summed E-state index contributed by atoms with van der Waals surface area (Å²) in [6.07, 6.45) is 5.27. The number of rotatable bonds is 5. The Bertz CT molecular complexity index is 512. The van der Waals surface area contributed by atoms with Gasteiger partial charge in [-0.3, -0.25) is 4.90 Å². The molecule has 2 unspecified atom stereocenters. The molecule has 21 heavy (non-hydrogen) atoms. The topological polar surface area (TPSA) is 45.5 Å². The molecule has 4 nitrogen and oxygen atoms in total. The average molecular weight is 286 g/mol. The summed E-state index contributed by atoms with van der Waals surface area (Å²) < 4.78 is 11.6. The number of hydrogen-bond acceptors (Lipinski definition) is 4. The van der Waals surface area contributed by atoms with Crippen molar-refractivity contribution in [3.05, 3.63) is 29.8 Å². The van der Waals surface area contributed by atoms with Crippen LogP contribution >= 0.6 is 0 Å². The van der Waals surface area contributed by atoms with Gasteiger partial charge in [-0.25, -0.2) is 0 Å². The molecule has 2 aliphatic rings. The summed E-state index contributed by atoms with van der Waals surface area (Å²) in [5, 5.41) is 8.87. The highest BCUT2D eigenvalue weighted by Gasteiger charge is 2.35. The van der Waals surface area contributed by atoms with Gasteiger partial charge in [0, 0.05) is 19.1 Å². The molecular weight excluding hydrogens is 264 g/mol. The van der Waals surface area contributed by atoms with E-state index in [9.17, 15) is 0 Å². The number of nitrogens with zero attached hydrogens (tertiary/aromatic N) is 2. The lowest BCUT2D eigenvalue weighted by Crippen LogP contribution is -2.48.